The van der Waals surface area contributed by atoms with Gasteiger partial charge in [-0.15, -0.1) is 0 Å². The van der Waals surface area contributed by atoms with Crippen LogP contribution < -0.4 is 4.74 Å². The Morgan fingerprint density at radius 3 is 2.76 bits per heavy atom. The van der Waals surface area contributed by atoms with Crippen molar-refractivity contribution in [2.75, 3.05) is 5.52 Å². The van der Waals surface area contributed by atoms with E-state index in [1.165, 1.54) is 0 Å². The molecule has 0 bridgehead atoms. The number of halogens is 1. The maximum atomic E-state index is 13.2. The summed E-state index contributed by atoms with van der Waals surface area (Å²) in [5.74, 6) is 0.730. The number of hydrogen-bond acceptors (Lipinski definition) is 3. The molecule has 0 unspecified atom stereocenters. The van der Waals surface area contributed by atoms with Crippen molar-refractivity contribution in [1.29, 1.82) is 5.26 Å². The molecule has 1 N–H and O–H groups in total. The number of rotatable bonds is 2. The van der Waals surface area contributed by atoms with Gasteiger partial charge in [0.15, 0.2) is 5.78 Å². The number of fused-ring (bicyclic) bond motifs is 4. The van der Waals surface area contributed by atoms with Crippen LogP contribution in [-0.4, -0.2) is 16.3 Å². The van der Waals surface area contributed by atoms with E-state index in [2.05, 4.69) is 40.8 Å². The first-order valence-electron chi connectivity index (χ1n) is 7.91. The number of nitrogens with one attached hydrogen (secondary N) is 1. The van der Waals surface area contributed by atoms with Gasteiger partial charge in [-0.25, -0.2) is 0 Å². The summed E-state index contributed by atoms with van der Waals surface area (Å²) in [5, 5.41) is 9.99. The number of ether oxygens (including phenoxy) is 1. The number of aromatic amines is 1. The summed E-state index contributed by atoms with van der Waals surface area (Å²) in [5.41, 5.74) is 4.62. The Labute approximate surface area is 153 Å². The van der Waals surface area contributed by atoms with Gasteiger partial charge in [0.2, 0.25) is 0 Å². The molecule has 25 heavy (non-hydrogen) atoms. The zero-order chi connectivity index (χ0) is 17.8. The molecule has 0 amide bonds. The lowest BCUT2D eigenvalue weighted by molar-refractivity contribution is 0.103. The van der Waals surface area contributed by atoms with E-state index in [9.17, 15) is 4.79 Å². The van der Waals surface area contributed by atoms with Crippen LogP contribution in [0.2, 0.25) is 0 Å². The molecule has 0 atom stereocenters. The van der Waals surface area contributed by atoms with Crippen molar-refractivity contribution in [3.05, 3.63) is 64.3 Å². The summed E-state index contributed by atoms with van der Waals surface area (Å²) in [4.78, 5) is 16.5. The summed E-state index contributed by atoms with van der Waals surface area (Å²) in [6.45, 7) is 4.19. The standard InChI is InChI=1S/C20H15BrN2O2/c1-20(2)15-8-12(25-10-21)4-6-13(15)18(24)17-14-5-3-11(9-22)7-16(14)23-19(17)20/h3-8,23H,10H2,1-2H3. The fraction of sp³-hybridized carbons (Fsp3) is 0.200. The maximum absolute atomic E-state index is 13.2. The Bertz CT molecular complexity index is 1070. The third-order valence-electron chi connectivity index (χ3n) is 4.91. The number of carbonyl (C=O) groups is 1. The number of ketones is 1. The van der Waals surface area contributed by atoms with Crippen LogP contribution in [0.15, 0.2) is 36.4 Å². The second kappa shape index (κ2) is 5.47. The van der Waals surface area contributed by atoms with Gasteiger partial charge in [-0.05, 0) is 51.8 Å². The van der Waals surface area contributed by atoms with Gasteiger partial charge < -0.3 is 9.72 Å². The van der Waals surface area contributed by atoms with Gasteiger partial charge in [0.1, 0.15) is 11.3 Å². The van der Waals surface area contributed by atoms with Crippen LogP contribution in [0.1, 0.15) is 46.6 Å². The topological polar surface area (TPSA) is 65.9 Å². The minimum atomic E-state index is -0.379. The SMILES string of the molecule is CC1(C)c2cc(OCBr)ccc2C(=O)c2c1[nH]c1cc(C#N)ccc21. The molecule has 1 aliphatic rings. The van der Waals surface area contributed by atoms with Crippen molar-refractivity contribution in [3.8, 4) is 11.8 Å². The highest BCUT2D eigenvalue weighted by Gasteiger charge is 2.39. The van der Waals surface area contributed by atoms with Crippen LogP contribution in [0.5, 0.6) is 5.75 Å². The van der Waals surface area contributed by atoms with Crippen molar-refractivity contribution in [3.63, 3.8) is 0 Å². The van der Waals surface area contributed by atoms with E-state index in [4.69, 9.17) is 10.00 Å². The Morgan fingerprint density at radius 1 is 1.24 bits per heavy atom. The molecular formula is C20H15BrN2O2. The molecule has 4 nitrogen and oxygen atoms in total. The third-order valence-corrected chi connectivity index (χ3v) is 5.14. The van der Waals surface area contributed by atoms with Crippen LogP contribution in [-0.2, 0) is 5.41 Å². The molecule has 1 heterocycles. The number of nitriles is 1. The van der Waals surface area contributed by atoms with Gasteiger partial charge in [-0.2, -0.15) is 5.26 Å². The second-order valence-electron chi connectivity index (χ2n) is 6.66. The molecule has 3 aromatic rings. The molecule has 0 fully saturated rings. The van der Waals surface area contributed by atoms with Gasteiger partial charge in [0.25, 0.3) is 0 Å². The first kappa shape index (κ1) is 15.9. The molecule has 124 valence electrons. The van der Waals surface area contributed by atoms with E-state index >= 15 is 0 Å². The zero-order valence-corrected chi connectivity index (χ0v) is 15.4. The number of benzene rings is 2. The predicted molar refractivity (Wildman–Crippen MR) is 99.4 cm³/mol. The Kier molecular flexibility index (Phi) is 3.48. The smallest absolute Gasteiger partial charge is 0.195 e. The normalized spacial score (nSPS) is 14.7. The van der Waals surface area contributed by atoms with Crippen LogP contribution in [0.25, 0.3) is 10.9 Å². The molecule has 0 radical (unpaired) electrons. The highest BCUT2D eigenvalue weighted by Crippen LogP contribution is 2.44. The van der Waals surface area contributed by atoms with Crippen molar-refractivity contribution >= 4 is 32.6 Å². The van der Waals surface area contributed by atoms with Gasteiger partial charge in [-0.3, -0.25) is 4.79 Å². The van der Waals surface area contributed by atoms with Crippen LogP contribution in [0.4, 0.5) is 0 Å². The minimum absolute atomic E-state index is 0.00525. The number of hydrogen-bond donors (Lipinski definition) is 1. The number of aromatic nitrogens is 1. The first-order chi connectivity index (χ1) is 12.0. The first-order valence-corrected chi connectivity index (χ1v) is 9.04. The van der Waals surface area contributed by atoms with E-state index in [0.717, 1.165) is 27.9 Å². The maximum Gasteiger partial charge on any atom is 0.195 e. The monoisotopic (exact) mass is 394 g/mol. The van der Waals surface area contributed by atoms with Crippen LogP contribution in [0, 0.1) is 11.3 Å². The Balaban J connectivity index is 2.00. The molecule has 4 rings (SSSR count). The van der Waals surface area contributed by atoms with E-state index in [1.54, 1.807) is 12.1 Å². The number of carbonyl (C=O) groups excluding carboxylic acids is 1. The minimum Gasteiger partial charge on any atom is -0.482 e. The average molecular weight is 395 g/mol. The fourth-order valence-electron chi connectivity index (χ4n) is 3.63. The molecule has 0 saturated heterocycles. The van der Waals surface area contributed by atoms with Gasteiger partial charge in [0, 0.05) is 27.6 Å². The molecule has 1 aromatic heterocycles. The second-order valence-corrected chi connectivity index (χ2v) is 7.12. The average Bonchev–Trinajstić information content (AvgIpc) is 3.00. The summed E-state index contributed by atoms with van der Waals surface area (Å²) in [7, 11) is 0. The highest BCUT2D eigenvalue weighted by atomic mass is 79.9. The molecule has 5 heteroatoms. The lowest BCUT2D eigenvalue weighted by Gasteiger charge is -2.32. The van der Waals surface area contributed by atoms with Crippen LogP contribution >= 0.6 is 15.9 Å². The molecule has 2 aromatic carbocycles. The largest absolute Gasteiger partial charge is 0.482 e. The van der Waals surface area contributed by atoms with Gasteiger partial charge in [0.05, 0.1) is 17.2 Å². The third kappa shape index (κ3) is 2.21. The molecule has 1 aliphatic carbocycles. The summed E-state index contributed by atoms with van der Waals surface area (Å²) >= 11 is 3.26. The fourth-order valence-corrected chi connectivity index (χ4v) is 3.90. The van der Waals surface area contributed by atoms with E-state index in [-0.39, 0.29) is 11.2 Å². The van der Waals surface area contributed by atoms with Crippen molar-refractivity contribution in [2.45, 2.75) is 19.3 Å². The molecule has 0 spiro atoms. The van der Waals surface area contributed by atoms with Crippen molar-refractivity contribution in [2.24, 2.45) is 0 Å². The Morgan fingerprint density at radius 2 is 2.04 bits per heavy atom. The van der Waals surface area contributed by atoms with Crippen molar-refractivity contribution in [1.82, 2.24) is 4.98 Å². The van der Waals surface area contributed by atoms with E-state index in [1.807, 2.05) is 24.3 Å². The number of nitrogens with zero attached hydrogens (tertiary/aromatic N) is 1. The molecular weight excluding hydrogens is 380 g/mol. The number of alkyl halides is 1. The lowest BCUT2D eigenvalue weighted by atomic mass is 9.71. The highest BCUT2D eigenvalue weighted by molar-refractivity contribution is 9.09. The van der Waals surface area contributed by atoms with E-state index < -0.39 is 0 Å². The Hall–Kier alpha value is -2.58. The van der Waals surface area contributed by atoms with Crippen LogP contribution in [0.3, 0.4) is 0 Å². The lowest BCUT2D eigenvalue weighted by Crippen LogP contribution is -2.30. The number of H-pyrrole nitrogens is 1. The quantitative estimate of drug-likeness (QED) is 0.643. The van der Waals surface area contributed by atoms with Gasteiger partial charge in [-0.1, -0.05) is 19.9 Å². The predicted octanol–water partition coefficient (Wildman–Crippen LogP) is 4.64. The van der Waals surface area contributed by atoms with Crippen molar-refractivity contribution < 1.29 is 9.53 Å². The van der Waals surface area contributed by atoms with E-state index in [0.29, 0.717) is 22.2 Å². The van der Waals surface area contributed by atoms with Gasteiger partial charge >= 0.3 is 0 Å². The summed E-state index contributed by atoms with van der Waals surface area (Å²) in [6, 6.07) is 13.1. The molecule has 0 saturated carbocycles. The zero-order valence-electron chi connectivity index (χ0n) is 13.8. The molecule has 0 aliphatic heterocycles. The summed E-state index contributed by atoms with van der Waals surface area (Å²) < 4.78 is 5.54. The summed E-state index contributed by atoms with van der Waals surface area (Å²) in [6.07, 6.45) is 0.